The van der Waals surface area contributed by atoms with Crippen LogP contribution < -0.4 is 16.6 Å². The van der Waals surface area contributed by atoms with E-state index in [0.717, 1.165) is 5.56 Å². The summed E-state index contributed by atoms with van der Waals surface area (Å²) >= 11 is 5.94. The van der Waals surface area contributed by atoms with Crippen molar-refractivity contribution in [3.05, 3.63) is 112 Å². The van der Waals surface area contributed by atoms with Gasteiger partial charge < -0.3 is 11.1 Å². The Bertz CT molecular complexity index is 1380. The van der Waals surface area contributed by atoms with Crippen LogP contribution in [0, 0.1) is 0 Å². The number of carbonyl (C=O) groups is 2. The summed E-state index contributed by atoms with van der Waals surface area (Å²) in [6.07, 6.45) is 1.53. The zero-order valence-corrected chi connectivity index (χ0v) is 18.6. The lowest BCUT2D eigenvalue weighted by Crippen LogP contribution is -2.34. The van der Waals surface area contributed by atoms with Crippen molar-refractivity contribution in [3.8, 4) is 0 Å². The van der Waals surface area contributed by atoms with Crippen molar-refractivity contribution in [2.24, 2.45) is 5.73 Å². The van der Waals surface area contributed by atoms with E-state index in [2.05, 4.69) is 5.32 Å². The molecule has 6 nitrogen and oxygen atoms in total. The van der Waals surface area contributed by atoms with Crippen LogP contribution in [0.3, 0.4) is 0 Å². The van der Waals surface area contributed by atoms with Crippen molar-refractivity contribution in [2.45, 2.75) is 18.9 Å². The number of amides is 2. The summed E-state index contributed by atoms with van der Waals surface area (Å²) in [6, 6.07) is 21.8. The van der Waals surface area contributed by atoms with Gasteiger partial charge in [0.25, 0.3) is 5.56 Å². The number of nitrogens with zero attached hydrogens (tertiary/aromatic N) is 1. The van der Waals surface area contributed by atoms with E-state index in [1.165, 1.54) is 10.8 Å². The summed E-state index contributed by atoms with van der Waals surface area (Å²) in [6.45, 7) is 1.80. The topological polar surface area (TPSA) is 94.2 Å². The highest BCUT2D eigenvalue weighted by Crippen LogP contribution is 2.26. The molecule has 0 saturated heterocycles. The summed E-state index contributed by atoms with van der Waals surface area (Å²) in [4.78, 5) is 38.4. The molecule has 0 aliphatic carbocycles. The first-order valence-corrected chi connectivity index (χ1v) is 10.8. The van der Waals surface area contributed by atoms with E-state index in [1.807, 2.05) is 18.2 Å². The molecule has 4 aromatic rings. The molecule has 166 valence electrons. The molecule has 2 atom stereocenters. The minimum Gasteiger partial charge on any atom is -0.368 e. The third kappa shape index (κ3) is 4.52. The molecule has 2 amide bonds. The molecule has 0 fully saturated rings. The quantitative estimate of drug-likeness (QED) is 0.445. The molecule has 0 bridgehead atoms. The van der Waals surface area contributed by atoms with Gasteiger partial charge in [0.2, 0.25) is 11.8 Å². The van der Waals surface area contributed by atoms with E-state index in [-0.39, 0.29) is 11.5 Å². The molecule has 3 N–H and O–H groups in total. The van der Waals surface area contributed by atoms with E-state index < -0.39 is 17.9 Å². The monoisotopic (exact) mass is 459 g/mol. The van der Waals surface area contributed by atoms with E-state index in [4.69, 9.17) is 17.3 Å². The van der Waals surface area contributed by atoms with Crippen molar-refractivity contribution in [1.82, 2.24) is 4.57 Å². The van der Waals surface area contributed by atoms with Crippen LogP contribution in [0.25, 0.3) is 10.8 Å². The van der Waals surface area contributed by atoms with Gasteiger partial charge in [0.05, 0.1) is 5.92 Å². The molecular weight excluding hydrogens is 438 g/mol. The summed E-state index contributed by atoms with van der Waals surface area (Å²) in [7, 11) is 0. The van der Waals surface area contributed by atoms with Crippen LogP contribution in [0.15, 0.2) is 89.9 Å². The van der Waals surface area contributed by atoms with Gasteiger partial charge in [-0.2, -0.15) is 0 Å². The average Bonchev–Trinajstić information content (AvgIpc) is 2.81. The number of primary amides is 1. The number of hydrogen-bond donors (Lipinski definition) is 2. The number of pyridine rings is 1. The minimum atomic E-state index is -0.939. The largest absolute Gasteiger partial charge is 0.368 e. The van der Waals surface area contributed by atoms with Gasteiger partial charge in [-0.25, -0.2) is 0 Å². The van der Waals surface area contributed by atoms with Gasteiger partial charge >= 0.3 is 0 Å². The smallest absolute Gasteiger partial charge is 0.259 e. The van der Waals surface area contributed by atoms with Gasteiger partial charge in [-0.15, -0.1) is 0 Å². The Morgan fingerprint density at radius 2 is 1.58 bits per heavy atom. The lowest BCUT2D eigenvalue weighted by atomic mass is 10.00. The molecule has 1 unspecified atom stereocenters. The van der Waals surface area contributed by atoms with Crippen LogP contribution in [0.2, 0.25) is 5.02 Å². The Labute approximate surface area is 195 Å². The Kier molecular flexibility index (Phi) is 6.29. The summed E-state index contributed by atoms with van der Waals surface area (Å²) in [5.74, 6) is -1.27. The zero-order valence-electron chi connectivity index (χ0n) is 17.9. The van der Waals surface area contributed by atoms with Crippen LogP contribution in [-0.2, 0) is 9.59 Å². The summed E-state index contributed by atoms with van der Waals surface area (Å²) in [5.41, 5.74) is 7.23. The fourth-order valence-corrected chi connectivity index (χ4v) is 3.97. The lowest BCUT2D eigenvalue weighted by Gasteiger charge is -2.19. The number of anilines is 1. The molecule has 1 heterocycles. The Morgan fingerprint density at radius 1 is 0.879 bits per heavy atom. The van der Waals surface area contributed by atoms with E-state index in [1.54, 1.807) is 67.6 Å². The Hall–Kier alpha value is -3.90. The molecule has 3 aromatic carbocycles. The molecule has 0 radical (unpaired) electrons. The second kappa shape index (κ2) is 9.30. The highest BCUT2D eigenvalue weighted by molar-refractivity contribution is 6.30. The van der Waals surface area contributed by atoms with Crippen LogP contribution in [0.5, 0.6) is 0 Å². The predicted octanol–water partition coefficient (Wildman–Crippen LogP) is 4.47. The second-order valence-electron chi connectivity index (χ2n) is 7.77. The van der Waals surface area contributed by atoms with Crippen molar-refractivity contribution < 1.29 is 9.59 Å². The maximum atomic E-state index is 13.3. The Balaban J connectivity index is 1.70. The zero-order chi connectivity index (χ0) is 23.5. The number of nitrogens with one attached hydrogen (secondary N) is 1. The molecule has 0 aliphatic heterocycles. The number of nitrogens with two attached hydrogens (primary N) is 1. The molecule has 0 spiro atoms. The van der Waals surface area contributed by atoms with Crippen LogP contribution in [0.4, 0.5) is 5.69 Å². The van der Waals surface area contributed by atoms with Gasteiger partial charge in [0.1, 0.15) is 6.04 Å². The average molecular weight is 460 g/mol. The maximum absolute atomic E-state index is 13.3. The summed E-state index contributed by atoms with van der Waals surface area (Å²) < 4.78 is 1.32. The first kappa shape index (κ1) is 22.3. The van der Waals surface area contributed by atoms with Crippen LogP contribution >= 0.6 is 11.6 Å². The molecule has 7 heteroatoms. The van der Waals surface area contributed by atoms with Crippen molar-refractivity contribution in [2.75, 3.05) is 5.32 Å². The van der Waals surface area contributed by atoms with Crippen molar-refractivity contribution >= 4 is 39.9 Å². The van der Waals surface area contributed by atoms with Gasteiger partial charge in [-0.1, -0.05) is 60.1 Å². The number of carbonyl (C=O) groups excluding carboxylic acids is 2. The van der Waals surface area contributed by atoms with Gasteiger partial charge in [-0.3, -0.25) is 19.0 Å². The Morgan fingerprint density at radius 3 is 2.24 bits per heavy atom. The second-order valence-corrected chi connectivity index (χ2v) is 8.21. The fourth-order valence-electron chi connectivity index (χ4n) is 3.85. The third-order valence-corrected chi connectivity index (χ3v) is 5.91. The number of halogens is 1. The lowest BCUT2D eigenvalue weighted by molar-refractivity contribution is -0.120. The maximum Gasteiger partial charge on any atom is 0.259 e. The van der Waals surface area contributed by atoms with E-state index in [0.29, 0.717) is 27.0 Å². The minimum absolute atomic E-state index is 0.215. The van der Waals surface area contributed by atoms with Crippen molar-refractivity contribution in [1.29, 1.82) is 0 Å². The number of fused-ring (bicyclic) bond motifs is 1. The molecule has 1 aromatic heterocycles. The SMILES string of the molecule is CC(C(=O)Nc1cccc2c(=O)n([C@@H](C(N)=O)c3ccccc3)ccc12)c1ccc(Cl)cc1. The summed E-state index contributed by atoms with van der Waals surface area (Å²) in [5, 5.41) is 4.46. The van der Waals surface area contributed by atoms with Gasteiger partial charge in [0, 0.05) is 27.7 Å². The van der Waals surface area contributed by atoms with Crippen LogP contribution in [-0.4, -0.2) is 16.4 Å². The highest BCUT2D eigenvalue weighted by atomic mass is 35.5. The van der Waals surface area contributed by atoms with Crippen molar-refractivity contribution in [3.63, 3.8) is 0 Å². The van der Waals surface area contributed by atoms with Gasteiger partial charge in [0.15, 0.2) is 0 Å². The first-order valence-electron chi connectivity index (χ1n) is 10.4. The third-order valence-electron chi connectivity index (χ3n) is 5.66. The number of hydrogen-bond acceptors (Lipinski definition) is 3. The van der Waals surface area contributed by atoms with E-state index in [9.17, 15) is 14.4 Å². The number of rotatable bonds is 6. The normalized spacial score (nSPS) is 12.8. The molecule has 0 saturated carbocycles. The molecule has 33 heavy (non-hydrogen) atoms. The highest BCUT2D eigenvalue weighted by Gasteiger charge is 2.22. The first-order chi connectivity index (χ1) is 15.9. The predicted molar refractivity (Wildman–Crippen MR) is 130 cm³/mol. The molecule has 0 aliphatic rings. The molecule has 4 rings (SSSR count). The number of aromatic nitrogens is 1. The van der Waals surface area contributed by atoms with E-state index >= 15 is 0 Å². The fraction of sp³-hybridized carbons (Fsp3) is 0.115. The number of benzene rings is 3. The van der Waals surface area contributed by atoms with Gasteiger partial charge in [-0.05, 0) is 48.4 Å². The van der Waals surface area contributed by atoms with Crippen LogP contribution in [0.1, 0.15) is 30.0 Å². The molecular formula is C26H22ClN3O3. The standard InChI is InChI=1S/C26H22ClN3O3/c1-16(17-10-12-19(27)13-11-17)25(32)29-22-9-5-8-21-20(22)14-15-30(26(21)33)23(24(28)31)18-6-3-2-4-7-18/h2-16,23H,1H3,(H2,28,31)(H,29,32)/t16?,23-/m1/s1.